The highest BCUT2D eigenvalue weighted by Gasteiger charge is 2.16. The summed E-state index contributed by atoms with van der Waals surface area (Å²) in [5.41, 5.74) is 5.51. The van der Waals surface area contributed by atoms with Crippen molar-refractivity contribution >= 4 is 0 Å². The van der Waals surface area contributed by atoms with Crippen LogP contribution in [0, 0.1) is 17.5 Å². The molecule has 3 aromatic rings. The lowest BCUT2D eigenvalue weighted by Crippen LogP contribution is -2.08. The Bertz CT molecular complexity index is 791. The number of nitrogens with two attached hydrogens (primary N) is 1. The van der Waals surface area contributed by atoms with Gasteiger partial charge in [0, 0.05) is 18.0 Å². The standard InChI is InChI=1S/C13H10F3N5O/c14-8-3-7(4-9(15)12(8)16)13-19-11(22-20-13)6-21-2-1-18-10(21)5-17/h1-4H,5-6,17H2. The van der Waals surface area contributed by atoms with Gasteiger partial charge in [0.05, 0.1) is 6.54 Å². The Morgan fingerprint density at radius 3 is 2.59 bits per heavy atom. The monoisotopic (exact) mass is 309 g/mol. The van der Waals surface area contributed by atoms with Crippen molar-refractivity contribution in [3.63, 3.8) is 0 Å². The second kappa shape index (κ2) is 5.60. The van der Waals surface area contributed by atoms with Crippen molar-refractivity contribution in [2.45, 2.75) is 13.1 Å². The van der Waals surface area contributed by atoms with Gasteiger partial charge in [-0.15, -0.1) is 0 Å². The fourth-order valence-electron chi connectivity index (χ4n) is 1.94. The van der Waals surface area contributed by atoms with Gasteiger partial charge in [-0.2, -0.15) is 4.98 Å². The van der Waals surface area contributed by atoms with Gasteiger partial charge < -0.3 is 14.8 Å². The lowest BCUT2D eigenvalue weighted by Gasteiger charge is -2.01. The van der Waals surface area contributed by atoms with E-state index in [0.717, 1.165) is 12.1 Å². The van der Waals surface area contributed by atoms with Crippen LogP contribution in [-0.2, 0) is 13.1 Å². The van der Waals surface area contributed by atoms with Gasteiger partial charge in [0.15, 0.2) is 17.5 Å². The maximum Gasteiger partial charge on any atom is 0.246 e. The molecule has 2 N–H and O–H groups in total. The molecule has 6 nitrogen and oxygen atoms in total. The van der Waals surface area contributed by atoms with Gasteiger partial charge >= 0.3 is 0 Å². The molecule has 2 heterocycles. The fraction of sp³-hybridized carbons (Fsp3) is 0.154. The van der Waals surface area contributed by atoms with Crippen LogP contribution >= 0.6 is 0 Å². The summed E-state index contributed by atoms with van der Waals surface area (Å²) in [6.07, 6.45) is 3.26. The summed E-state index contributed by atoms with van der Waals surface area (Å²) >= 11 is 0. The molecule has 0 saturated carbocycles. The molecule has 0 amide bonds. The smallest absolute Gasteiger partial charge is 0.246 e. The van der Waals surface area contributed by atoms with E-state index in [1.54, 1.807) is 17.0 Å². The molecular weight excluding hydrogens is 299 g/mol. The van der Waals surface area contributed by atoms with Crippen LogP contribution < -0.4 is 5.73 Å². The highest BCUT2D eigenvalue weighted by Crippen LogP contribution is 2.21. The van der Waals surface area contributed by atoms with Crippen molar-refractivity contribution in [2.75, 3.05) is 0 Å². The summed E-state index contributed by atoms with van der Waals surface area (Å²) in [5.74, 6) is -3.39. The first-order valence-electron chi connectivity index (χ1n) is 6.26. The van der Waals surface area contributed by atoms with Gasteiger partial charge in [0.2, 0.25) is 11.7 Å². The Kier molecular flexibility index (Phi) is 3.63. The first kappa shape index (κ1) is 14.3. The molecule has 1 aromatic carbocycles. The number of nitrogens with zero attached hydrogens (tertiary/aromatic N) is 4. The first-order valence-corrected chi connectivity index (χ1v) is 6.26. The number of hydrogen-bond acceptors (Lipinski definition) is 5. The van der Waals surface area contributed by atoms with Crippen LogP contribution in [0.4, 0.5) is 13.2 Å². The van der Waals surface area contributed by atoms with Crippen LogP contribution in [0.1, 0.15) is 11.7 Å². The Labute approximate surface area is 122 Å². The summed E-state index contributed by atoms with van der Waals surface area (Å²) in [6.45, 7) is 0.452. The fourth-order valence-corrected chi connectivity index (χ4v) is 1.94. The van der Waals surface area contributed by atoms with Gasteiger partial charge in [-0.1, -0.05) is 5.16 Å². The zero-order valence-electron chi connectivity index (χ0n) is 11.1. The van der Waals surface area contributed by atoms with Crippen LogP contribution in [0.25, 0.3) is 11.4 Å². The Morgan fingerprint density at radius 2 is 1.91 bits per heavy atom. The van der Waals surface area contributed by atoms with Crippen molar-refractivity contribution in [2.24, 2.45) is 5.73 Å². The van der Waals surface area contributed by atoms with Gasteiger partial charge in [-0.3, -0.25) is 0 Å². The van der Waals surface area contributed by atoms with E-state index in [9.17, 15) is 13.2 Å². The lowest BCUT2D eigenvalue weighted by molar-refractivity contribution is 0.369. The Hall–Kier alpha value is -2.68. The van der Waals surface area contributed by atoms with Gasteiger partial charge in [-0.25, -0.2) is 18.2 Å². The second-order valence-corrected chi connectivity index (χ2v) is 4.44. The van der Waals surface area contributed by atoms with E-state index < -0.39 is 17.5 Å². The second-order valence-electron chi connectivity index (χ2n) is 4.44. The first-order chi connectivity index (χ1) is 10.6. The van der Waals surface area contributed by atoms with E-state index in [4.69, 9.17) is 10.3 Å². The van der Waals surface area contributed by atoms with Gasteiger partial charge in [0.25, 0.3) is 0 Å². The van der Waals surface area contributed by atoms with Crippen LogP contribution in [0.5, 0.6) is 0 Å². The third kappa shape index (κ3) is 2.58. The largest absolute Gasteiger partial charge is 0.337 e. The van der Waals surface area contributed by atoms with Crippen LogP contribution in [-0.4, -0.2) is 19.7 Å². The van der Waals surface area contributed by atoms with E-state index in [1.807, 2.05) is 0 Å². The van der Waals surface area contributed by atoms with E-state index >= 15 is 0 Å². The van der Waals surface area contributed by atoms with Crippen LogP contribution in [0.2, 0.25) is 0 Å². The molecule has 0 aliphatic carbocycles. The summed E-state index contributed by atoms with van der Waals surface area (Å²) in [5, 5.41) is 3.63. The molecule has 0 radical (unpaired) electrons. The number of benzene rings is 1. The molecule has 0 unspecified atom stereocenters. The molecule has 0 saturated heterocycles. The quantitative estimate of drug-likeness (QED) is 0.744. The summed E-state index contributed by atoms with van der Waals surface area (Å²) in [7, 11) is 0. The maximum atomic E-state index is 13.2. The molecule has 0 atom stereocenters. The van der Waals surface area contributed by atoms with Crippen molar-refractivity contribution in [1.29, 1.82) is 0 Å². The maximum absolute atomic E-state index is 13.2. The van der Waals surface area contributed by atoms with Crippen molar-refractivity contribution in [3.8, 4) is 11.4 Å². The summed E-state index contributed by atoms with van der Waals surface area (Å²) < 4.78 is 46.1. The molecule has 0 fully saturated rings. The number of halogens is 3. The van der Waals surface area contributed by atoms with Crippen LogP contribution in [0.3, 0.4) is 0 Å². The molecular formula is C13H10F3N5O. The number of imidazole rings is 1. The Morgan fingerprint density at radius 1 is 1.18 bits per heavy atom. The summed E-state index contributed by atoms with van der Waals surface area (Å²) in [4.78, 5) is 8.06. The Balaban J connectivity index is 1.88. The minimum atomic E-state index is -1.54. The molecule has 0 bridgehead atoms. The molecule has 0 aliphatic rings. The SMILES string of the molecule is NCc1nccn1Cc1nc(-c2cc(F)c(F)c(F)c2)no1. The average molecular weight is 309 g/mol. The normalized spacial score (nSPS) is 11.1. The zero-order chi connectivity index (χ0) is 15.7. The highest BCUT2D eigenvalue weighted by atomic mass is 19.2. The summed E-state index contributed by atoms with van der Waals surface area (Å²) in [6, 6.07) is 1.60. The molecule has 114 valence electrons. The number of hydrogen-bond donors (Lipinski definition) is 1. The van der Waals surface area contributed by atoms with Crippen molar-refractivity contribution < 1.29 is 17.7 Å². The highest BCUT2D eigenvalue weighted by molar-refractivity contribution is 5.54. The lowest BCUT2D eigenvalue weighted by atomic mass is 10.2. The zero-order valence-corrected chi connectivity index (χ0v) is 11.1. The predicted molar refractivity (Wildman–Crippen MR) is 68.8 cm³/mol. The molecule has 0 spiro atoms. The van der Waals surface area contributed by atoms with Crippen molar-refractivity contribution in [3.05, 3.63) is 53.7 Å². The molecule has 3 rings (SSSR count). The van der Waals surface area contributed by atoms with E-state index in [1.165, 1.54) is 0 Å². The molecule has 2 aromatic heterocycles. The van der Waals surface area contributed by atoms with Gasteiger partial charge in [0.1, 0.15) is 12.4 Å². The average Bonchev–Trinajstić information content (AvgIpc) is 3.13. The third-order valence-electron chi connectivity index (χ3n) is 3.00. The van der Waals surface area contributed by atoms with E-state index in [2.05, 4.69) is 15.1 Å². The van der Waals surface area contributed by atoms with Crippen LogP contribution in [0.15, 0.2) is 29.0 Å². The third-order valence-corrected chi connectivity index (χ3v) is 3.00. The topological polar surface area (TPSA) is 82.8 Å². The molecule has 22 heavy (non-hydrogen) atoms. The number of aromatic nitrogens is 4. The molecule has 9 heteroatoms. The van der Waals surface area contributed by atoms with E-state index in [-0.39, 0.29) is 30.4 Å². The molecule has 0 aliphatic heterocycles. The van der Waals surface area contributed by atoms with Crippen molar-refractivity contribution in [1.82, 2.24) is 19.7 Å². The minimum absolute atomic E-state index is 0.0175. The predicted octanol–water partition coefficient (Wildman–Crippen LogP) is 1.86. The van der Waals surface area contributed by atoms with Gasteiger partial charge in [-0.05, 0) is 12.1 Å². The minimum Gasteiger partial charge on any atom is -0.337 e. The number of rotatable bonds is 4. The van der Waals surface area contributed by atoms with E-state index in [0.29, 0.717) is 5.82 Å².